The monoisotopic (exact) mass is 393 g/mol. The van der Waals surface area contributed by atoms with Crippen LogP contribution in [0, 0.1) is 11.3 Å². The molecular weight excluding hydrogens is 378 g/mol. The molecule has 1 aliphatic carbocycles. The summed E-state index contributed by atoms with van der Waals surface area (Å²) in [5.41, 5.74) is 1.72. The van der Waals surface area contributed by atoms with Crippen LogP contribution in [0.1, 0.15) is 35.8 Å². The largest absolute Gasteiger partial charge is 0.316 e. The molecule has 0 radical (unpaired) electrons. The Morgan fingerprint density at radius 2 is 2.04 bits per heavy atom. The first kappa shape index (κ1) is 17.8. The van der Waals surface area contributed by atoms with Crippen molar-refractivity contribution in [1.82, 2.24) is 10.2 Å². The van der Waals surface area contributed by atoms with E-state index in [0.29, 0.717) is 20.0 Å². The van der Waals surface area contributed by atoms with Gasteiger partial charge in [0, 0.05) is 11.8 Å². The minimum absolute atomic E-state index is 0.169. The number of amides is 2. The van der Waals surface area contributed by atoms with Gasteiger partial charge in [-0.15, -0.1) is 21.5 Å². The summed E-state index contributed by atoms with van der Waals surface area (Å²) in [6.45, 7) is 1.40. The van der Waals surface area contributed by atoms with E-state index in [0.717, 1.165) is 31.2 Å². The summed E-state index contributed by atoms with van der Waals surface area (Å²) >= 11 is 3.98. The Morgan fingerprint density at radius 1 is 1.24 bits per heavy atom. The lowest BCUT2D eigenvalue weighted by Crippen LogP contribution is -2.13. The van der Waals surface area contributed by atoms with Crippen LogP contribution in [-0.2, 0) is 22.4 Å². The van der Waals surface area contributed by atoms with Gasteiger partial charge >= 0.3 is 0 Å². The molecule has 1 aliphatic rings. The Bertz CT molecular complexity index is 852. The number of thioether (sulfide) groups is 1. The number of carbonyl (C=O) groups excluding carboxylic acids is 2. The maximum Gasteiger partial charge on any atom is 0.235 e. The van der Waals surface area contributed by atoms with Gasteiger partial charge in [0.1, 0.15) is 11.1 Å². The van der Waals surface area contributed by atoms with Gasteiger partial charge in [0.05, 0.1) is 11.3 Å². The number of thiophene rings is 1. The lowest BCUT2D eigenvalue weighted by atomic mass is 9.96. The zero-order chi connectivity index (χ0) is 17.8. The maximum atomic E-state index is 12.2. The van der Waals surface area contributed by atoms with E-state index in [4.69, 9.17) is 0 Å². The second kappa shape index (κ2) is 7.95. The molecule has 0 spiro atoms. The second-order valence-corrected chi connectivity index (χ2v) is 8.72. The summed E-state index contributed by atoms with van der Waals surface area (Å²) < 4.78 is 0.602. The standard InChI is InChI=1S/C15H15N5O2S3/c1-8(21)17-14-19-20-15(25-14)23-7-12(22)18-13-10(6-16)9-4-2-3-5-11(9)24-13/h2-5,7H2,1H3,(H,18,22)(H,17,19,21). The third-order valence-electron chi connectivity index (χ3n) is 3.55. The molecule has 7 nitrogen and oxygen atoms in total. The Hall–Kier alpha value is -1.96. The smallest absolute Gasteiger partial charge is 0.235 e. The van der Waals surface area contributed by atoms with E-state index in [2.05, 4.69) is 26.9 Å². The van der Waals surface area contributed by atoms with Crippen molar-refractivity contribution in [2.75, 3.05) is 16.4 Å². The topological polar surface area (TPSA) is 108 Å². The molecule has 2 heterocycles. The Balaban J connectivity index is 1.60. The van der Waals surface area contributed by atoms with Crippen LogP contribution in [0.25, 0.3) is 0 Å². The molecule has 0 atom stereocenters. The Labute approximate surface area is 156 Å². The fourth-order valence-corrected chi connectivity index (χ4v) is 5.39. The fourth-order valence-electron chi connectivity index (χ4n) is 2.53. The average molecular weight is 394 g/mol. The van der Waals surface area contributed by atoms with Crippen LogP contribution in [0.3, 0.4) is 0 Å². The van der Waals surface area contributed by atoms with Crippen LogP contribution in [0.5, 0.6) is 0 Å². The van der Waals surface area contributed by atoms with E-state index in [1.165, 1.54) is 46.2 Å². The third kappa shape index (κ3) is 4.36. The molecule has 0 saturated carbocycles. The molecule has 0 aromatic carbocycles. The molecule has 2 aromatic rings. The number of rotatable bonds is 5. The number of hydrogen-bond donors (Lipinski definition) is 2. The predicted octanol–water partition coefficient (Wildman–Crippen LogP) is 3.04. The van der Waals surface area contributed by atoms with Gasteiger partial charge in [-0.2, -0.15) is 5.26 Å². The summed E-state index contributed by atoms with van der Waals surface area (Å²) in [5.74, 6) is -0.227. The van der Waals surface area contributed by atoms with Crippen molar-refractivity contribution < 1.29 is 9.59 Å². The van der Waals surface area contributed by atoms with E-state index >= 15 is 0 Å². The van der Waals surface area contributed by atoms with Gasteiger partial charge in [0.2, 0.25) is 16.9 Å². The number of aryl methyl sites for hydroxylation is 1. The minimum atomic E-state index is -0.212. The molecule has 0 unspecified atom stereocenters. The number of nitriles is 1. The van der Waals surface area contributed by atoms with Gasteiger partial charge in [-0.1, -0.05) is 23.1 Å². The van der Waals surface area contributed by atoms with E-state index in [1.54, 1.807) is 0 Å². The number of aromatic nitrogens is 2. The van der Waals surface area contributed by atoms with E-state index in [-0.39, 0.29) is 17.6 Å². The fraction of sp³-hybridized carbons (Fsp3) is 0.400. The maximum absolute atomic E-state index is 12.2. The van der Waals surface area contributed by atoms with Gasteiger partial charge in [-0.3, -0.25) is 9.59 Å². The van der Waals surface area contributed by atoms with Gasteiger partial charge in [0.15, 0.2) is 4.34 Å². The molecule has 2 amide bonds. The Kier molecular flexibility index (Phi) is 5.67. The number of fused-ring (bicyclic) bond motifs is 1. The van der Waals surface area contributed by atoms with Crippen molar-refractivity contribution in [2.24, 2.45) is 0 Å². The lowest BCUT2D eigenvalue weighted by molar-refractivity contribution is -0.114. The quantitative estimate of drug-likeness (QED) is 0.597. The first-order chi connectivity index (χ1) is 12.1. The molecule has 10 heteroatoms. The molecule has 25 heavy (non-hydrogen) atoms. The van der Waals surface area contributed by atoms with Crippen LogP contribution in [-0.4, -0.2) is 27.8 Å². The SMILES string of the molecule is CC(=O)Nc1nnc(SCC(=O)Nc2sc3c(c2C#N)CCCC3)s1. The predicted molar refractivity (Wildman–Crippen MR) is 99.2 cm³/mol. The Morgan fingerprint density at radius 3 is 2.80 bits per heavy atom. The van der Waals surface area contributed by atoms with Crippen molar-refractivity contribution in [3.05, 3.63) is 16.0 Å². The highest BCUT2D eigenvalue weighted by Gasteiger charge is 2.21. The van der Waals surface area contributed by atoms with Crippen molar-refractivity contribution >= 4 is 56.4 Å². The first-order valence-electron chi connectivity index (χ1n) is 7.65. The van der Waals surface area contributed by atoms with Gasteiger partial charge in [0.25, 0.3) is 0 Å². The average Bonchev–Trinajstić information content (AvgIpc) is 3.15. The molecule has 0 bridgehead atoms. The van der Waals surface area contributed by atoms with Crippen molar-refractivity contribution in [2.45, 2.75) is 36.9 Å². The van der Waals surface area contributed by atoms with Crippen molar-refractivity contribution in [3.8, 4) is 6.07 Å². The molecule has 3 rings (SSSR count). The zero-order valence-corrected chi connectivity index (χ0v) is 15.9. The number of anilines is 2. The van der Waals surface area contributed by atoms with E-state index in [1.807, 2.05) is 0 Å². The number of nitrogens with one attached hydrogen (secondary N) is 2. The van der Waals surface area contributed by atoms with Crippen LogP contribution < -0.4 is 10.6 Å². The van der Waals surface area contributed by atoms with Gasteiger partial charge < -0.3 is 10.6 Å². The molecule has 0 aliphatic heterocycles. The van der Waals surface area contributed by atoms with Crippen LogP contribution in [0.15, 0.2) is 4.34 Å². The molecule has 0 fully saturated rings. The van der Waals surface area contributed by atoms with Gasteiger partial charge in [-0.25, -0.2) is 0 Å². The lowest BCUT2D eigenvalue weighted by Gasteiger charge is -2.09. The third-order valence-corrected chi connectivity index (χ3v) is 6.73. The number of nitrogens with zero attached hydrogens (tertiary/aromatic N) is 3. The summed E-state index contributed by atoms with van der Waals surface area (Å²) in [6, 6.07) is 2.23. The molecule has 2 aromatic heterocycles. The van der Waals surface area contributed by atoms with E-state index in [9.17, 15) is 14.9 Å². The van der Waals surface area contributed by atoms with Crippen LogP contribution in [0.4, 0.5) is 10.1 Å². The molecule has 0 saturated heterocycles. The summed E-state index contributed by atoms with van der Waals surface area (Å²) in [7, 11) is 0. The zero-order valence-electron chi connectivity index (χ0n) is 13.4. The number of carbonyl (C=O) groups is 2. The highest BCUT2D eigenvalue weighted by Crippen LogP contribution is 2.37. The minimum Gasteiger partial charge on any atom is -0.316 e. The normalized spacial score (nSPS) is 13.0. The van der Waals surface area contributed by atoms with Crippen LogP contribution >= 0.6 is 34.4 Å². The highest BCUT2D eigenvalue weighted by atomic mass is 32.2. The van der Waals surface area contributed by atoms with Crippen LogP contribution in [0.2, 0.25) is 0 Å². The molecule has 2 N–H and O–H groups in total. The summed E-state index contributed by atoms with van der Waals surface area (Å²) in [5, 5.41) is 23.6. The number of hydrogen-bond acceptors (Lipinski definition) is 8. The summed E-state index contributed by atoms with van der Waals surface area (Å²) in [4.78, 5) is 24.4. The second-order valence-electron chi connectivity index (χ2n) is 5.42. The molecular formula is C15H15N5O2S3. The molecule has 130 valence electrons. The van der Waals surface area contributed by atoms with Crippen molar-refractivity contribution in [3.63, 3.8) is 0 Å². The highest BCUT2D eigenvalue weighted by molar-refractivity contribution is 8.01. The first-order valence-corrected chi connectivity index (χ1v) is 10.3. The van der Waals surface area contributed by atoms with Crippen molar-refractivity contribution in [1.29, 1.82) is 5.26 Å². The summed E-state index contributed by atoms with van der Waals surface area (Å²) in [6.07, 6.45) is 4.12. The van der Waals surface area contributed by atoms with Gasteiger partial charge in [-0.05, 0) is 31.2 Å². The van der Waals surface area contributed by atoms with E-state index < -0.39 is 0 Å².